The first-order valence-corrected chi connectivity index (χ1v) is 10.5. The number of nitrogens with one attached hydrogen (secondary N) is 2. The van der Waals surface area contributed by atoms with Crippen LogP contribution in [0.3, 0.4) is 0 Å². The van der Waals surface area contributed by atoms with E-state index in [9.17, 15) is 13.2 Å². The molecule has 2 aromatic rings. The first kappa shape index (κ1) is 19.5. The van der Waals surface area contributed by atoms with E-state index in [0.717, 1.165) is 0 Å². The monoisotopic (exact) mass is 412 g/mol. The summed E-state index contributed by atoms with van der Waals surface area (Å²) >= 11 is 1.22. The Kier molecular flexibility index (Phi) is 5.95. The maximum Gasteiger partial charge on any atom is 0.278 e. The molecule has 0 atom stereocenters. The van der Waals surface area contributed by atoms with E-state index in [1.807, 2.05) is 4.90 Å². The fourth-order valence-corrected chi connectivity index (χ4v) is 4.57. The molecule has 1 aromatic heterocycles. The van der Waals surface area contributed by atoms with Gasteiger partial charge in [-0.25, -0.2) is 13.4 Å². The van der Waals surface area contributed by atoms with Crippen LogP contribution in [0.15, 0.2) is 29.2 Å². The minimum absolute atomic E-state index is 0.0668. The number of methoxy groups -OCH3 is 1. The molecule has 1 aliphatic rings. The highest BCUT2D eigenvalue weighted by atomic mass is 32.2. The van der Waals surface area contributed by atoms with Gasteiger partial charge in [0.2, 0.25) is 0 Å². The molecular formula is C16H20N4O5S2. The summed E-state index contributed by atoms with van der Waals surface area (Å²) in [6.07, 6.45) is 0. The average Bonchev–Trinajstić information content (AvgIpc) is 3.08. The summed E-state index contributed by atoms with van der Waals surface area (Å²) in [5.74, 6) is -0.384. The molecule has 1 saturated heterocycles. The van der Waals surface area contributed by atoms with Crippen molar-refractivity contribution in [3.8, 4) is 5.75 Å². The van der Waals surface area contributed by atoms with Crippen molar-refractivity contribution < 1.29 is 22.7 Å². The number of ether oxygens (including phenoxy) is 2. The standard InChI is InChI=1S/C16H20N4O5S2/c1-11-14(26-16(17-11)20-7-9-25-10-8-20)15(21)18-19-27(22,23)13-6-4-3-5-12(13)24-2/h3-6,19H,7-10H2,1-2H3,(H,18,21). The molecule has 2 N–H and O–H groups in total. The van der Waals surface area contributed by atoms with Gasteiger partial charge in [-0.1, -0.05) is 23.5 Å². The van der Waals surface area contributed by atoms with E-state index in [1.54, 1.807) is 19.1 Å². The summed E-state index contributed by atoms with van der Waals surface area (Å²) in [5.41, 5.74) is 2.78. The Hall–Kier alpha value is -2.21. The van der Waals surface area contributed by atoms with Crippen molar-refractivity contribution in [1.29, 1.82) is 0 Å². The van der Waals surface area contributed by atoms with Gasteiger partial charge in [-0.2, -0.15) is 0 Å². The number of aryl methyl sites for hydroxylation is 1. The van der Waals surface area contributed by atoms with Gasteiger partial charge in [-0.15, -0.1) is 4.83 Å². The van der Waals surface area contributed by atoms with Crippen molar-refractivity contribution in [2.24, 2.45) is 0 Å². The van der Waals surface area contributed by atoms with E-state index in [4.69, 9.17) is 9.47 Å². The number of carbonyl (C=O) groups is 1. The molecule has 11 heteroatoms. The molecule has 9 nitrogen and oxygen atoms in total. The normalized spacial score (nSPS) is 14.8. The van der Waals surface area contributed by atoms with Gasteiger partial charge in [0, 0.05) is 13.1 Å². The number of benzene rings is 1. The molecule has 0 aliphatic carbocycles. The third-order valence-electron chi connectivity index (χ3n) is 3.93. The fourth-order valence-electron chi connectivity index (χ4n) is 2.55. The van der Waals surface area contributed by atoms with Crippen LogP contribution in [-0.2, 0) is 14.8 Å². The molecule has 0 saturated carbocycles. The molecule has 27 heavy (non-hydrogen) atoms. The number of hydrogen-bond donors (Lipinski definition) is 2. The number of para-hydroxylation sites is 1. The van der Waals surface area contributed by atoms with Crippen LogP contribution in [0, 0.1) is 6.92 Å². The summed E-state index contributed by atoms with van der Waals surface area (Å²) in [4.78, 5) is 21.3. The first-order chi connectivity index (χ1) is 12.9. The van der Waals surface area contributed by atoms with Gasteiger partial charge < -0.3 is 14.4 Å². The molecule has 0 radical (unpaired) electrons. The van der Waals surface area contributed by atoms with Gasteiger partial charge in [0.1, 0.15) is 15.5 Å². The Labute approximate surface area is 161 Å². The average molecular weight is 412 g/mol. The minimum atomic E-state index is -3.98. The quantitative estimate of drug-likeness (QED) is 0.679. The van der Waals surface area contributed by atoms with Gasteiger partial charge in [-0.05, 0) is 19.1 Å². The molecule has 0 spiro atoms. The minimum Gasteiger partial charge on any atom is -0.495 e. The first-order valence-electron chi connectivity index (χ1n) is 8.17. The Morgan fingerprint density at radius 1 is 1.30 bits per heavy atom. The molecule has 1 aliphatic heterocycles. The maximum absolute atomic E-state index is 12.5. The van der Waals surface area contributed by atoms with Crippen molar-refractivity contribution in [3.05, 3.63) is 34.8 Å². The molecule has 146 valence electrons. The van der Waals surface area contributed by atoms with E-state index in [1.165, 1.54) is 30.6 Å². The van der Waals surface area contributed by atoms with Crippen LogP contribution < -0.4 is 19.9 Å². The third kappa shape index (κ3) is 4.38. The molecule has 1 amide bonds. The van der Waals surface area contributed by atoms with Crippen molar-refractivity contribution in [2.75, 3.05) is 38.3 Å². The molecular weight excluding hydrogens is 392 g/mol. The highest BCUT2D eigenvalue weighted by Gasteiger charge is 2.23. The number of thiazole rings is 1. The SMILES string of the molecule is COc1ccccc1S(=O)(=O)NNC(=O)c1sc(N2CCOCC2)nc1C. The second kappa shape index (κ2) is 8.21. The molecule has 3 rings (SSSR count). The van der Waals surface area contributed by atoms with E-state index in [2.05, 4.69) is 15.2 Å². The fraction of sp³-hybridized carbons (Fsp3) is 0.375. The van der Waals surface area contributed by atoms with E-state index < -0.39 is 15.9 Å². The number of sulfonamides is 1. The van der Waals surface area contributed by atoms with E-state index in [-0.39, 0.29) is 10.6 Å². The zero-order chi connectivity index (χ0) is 19.4. The van der Waals surface area contributed by atoms with Crippen LogP contribution in [0.1, 0.15) is 15.4 Å². The Balaban J connectivity index is 1.71. The van der Waals surface area contributed by atoms with Gasteiger partial charge in [0.05, 0.1) is 26.0 Å². The predicted molar refractivity (Wildman–Crippen MR) is 101 cm³/mol. The van der Waals surface area contributed by atoms with Crippen LogP contribution in [0.5, 0.6) is 5.75 Å². The number of anilines is 1. The lowest BCUT2D eigenvalue weighted by Gasteiger charge is -2.25. The smallest absolute Gasteiger partial charge is 0.278 e. The number of hydrazine groups is 1. The van der Waals surface area contributed by atoms with Crippen LogP contribution in [-0.4, -0.2) is 52.7 Å². The lowest BCUT2D eigenvalue weighted by atomic mass is 10.3. The second-order valence-electron chi connectivity index (χ2n) is 5.72. The Morgan fingerprint density at radius 3 is 2.70 bits per heavy atom. The number of aromatic nitrogens is 1. The number of carbonyl (C=O) groups excluding carboxylic acids is 1. The van der Waals surface area contributed by atoms with Crippen molar-refractivity contribution in [1.82, 2.24) is 15.2 Å². The van der Waals surface area contributed by atoms with Gasteiger partial charge >= 0.3 is 0 Å². The van der Waals surface area contributed by atoms with Crippen molar-refractivity contribution in [2.45, 2.75) is 11.8 Å². The molecule has 1 fully saturated rings. The highest BCUT2D eigenvalue weighted by molar-refractivity contribution is 7.89. The third-order valence-corrected chi connectivity index (χ3v) is 6.43. The number of rotatable bonds is 6. The molecule has 2 heterocycles. The summed E-state index contributed by atoms with van der Waals surface area (Å²) in [6.45, 7) is 4.34. The number of morpholine rings is 1. The van der Waals surface area contributed by atoms with Crippen LogP contribution in [0.2, 0.25) is 0 Å². The number of nitrogens with zero attached hydrogens (tertiary/aromatic N) is 2. The van der Waals surface area contributed by atoms with Gasteiger partial charge in [0.25, 0.3) is 15.9 Å². The predicted octanol–water partition coefficient (Wildman–Crippen LogP) is 0.920. The lowest BCUT2D eigenvalue weighted by molar-refractivity contribution is 0.0948. The lowest BCUT2D eigenvalue weighted by Crippen LogP contribution is -2.41. The van der Waals surface area contributed by atoms with Crippen LogP contribution >= 0.6 is 11.3 Å². The summed E-state index contributed by atoms with van der Waals surface area (Å²) in [5, 5.41) is 0.716. The van der Waals surface area contributed by atoms with Crippen molar-refractivity contribution in [3.63, 3.8) is 0 Å². The molecule has 0 unspecified atom stereocenters. The summed E-state index contributed by atoms with van der Waals surface area (Å²) < 4.78 is 35.3. The Bertz CT molecular complexity index is 923. The van der Waals surface area contributed by atoms with Gasteiger partial charge in [0.15, 0.2) is 5.13 Å². The summed E-state index contributed by atoms with van der Waals surface area (Å²) in [6, 6.07) is 6.14. The molecule has 1 aromatic carbocycles. The summed E-state index contributed by atoms with van der Waals surface area (Å²) in [7, 11) is -2.61. The van der Waals surface area contributed by atoms with E-state index in [0.29, 0.717) is 42.0 Å². The second-order valence-corrected chi connectivity index (χ2v) is 8.35. The van der Waals surface area contributed by atoms with Crippen LogP contribution in [0.25, 0.3) is 0 Å². The molecule has 0 bridgehead atoms. The van der Waals surface area contributed by atoms with Gasteiger partial charge in [-0.3, -0.25) is 10.2 Å². The number of amides is 1. The zero-order valence-electron chi connectivity index (χ0n) is 14.9. The highest BCUT2D eigenvalue weighted by Crippen LogP contribution is 2.27. The number of hydrogen-bond acceptors (Lipinski definition) is 8. The Morgan fingerprint density at radius 2 is 2.00 bits per heavy atom. The van der Waals surface area contributed by atoms with E-state index >= 15 is 0 Å². The maximum atomic E-state index is 12.5. The topological polar surface area (TPSA) is 110 Å². The van der Waals surface area contributed by atoms with Crippen molar-refractivity contribution >= 4 is 32.4 Å². The largest absolute Gasteiger partial charge is 0.495 e. The zero-order valence-corrected chi connectivity index (χ0v) is 16.5. The van der Waals surface area contributed by atoms with Crippen LogP contribution in [0.4, 0.5) is 5.13 Å².